The molecule has 30 heavy (non-hydrogen) atoms. The molecule has 0 saturated carbocycles. The van der Waals surface area contributed by atoms with Crippen LogP contribution in [0.4, 0.5) is 4.39 Å². The predicted molar refractivity (Wildman–Crippen MR) is 111 cm³/mol. The molecule has 0 saturated heterocycles. The third-order valence-corrected chi connectivity index (χ3v) is 5.75. The lowest BCUT2D eigenvalue weighted by Crippen LogP contribution is -2.41. The number of para-hydroxylation sites is 2. The van der Waals surface area contributed by atoms with Gasteiger partial charge in [-0.05, 0) is 30.3 Å². The number of fused-ring (bicyclic) bond motifs is 4. The molecule has 4 aromatic rings. The number of aromatic nitrogens is 3. The first kappa shape index (κ1) is 18.7. The third-order valence-electron chi connectivity index (χ3n) is 4.78. The number of thioether (sulfide) groups is 1. The summed E-state index contributed by atoms with van der Waals surface area (Å²) >= 11 is 1.27. The van der Waals surface area contributed by atoms with E-state index in [-0.39, 0.29) is 23.6 Å². The van der Waals surface area contributed by atoms with Gasteiger partial charge in [-0.1, -0.05) is 23.9 Å². The minimum atomic E-state index is -0.315. The van der Waals surface area contributed by atoms with Crippen molar-refractivity contribution < 1.29 is 18.7 Å². The average molecular weight is 424 g/mol. The maximum Gasteiger partial charge on any atom is 0.230 e. The number of amides is 1. The molecule has 1 aliphatic heterocycles. The normalized spacial score (nSPS) is 15.4. The zero-order chi connectivity index (χ0) is 20.5. The van der Waals surface area contributed by atoms with Crippen molar-refractivity contribution in [2.75, 3.05) is 18.9 Å². The molecule has 152 valence electrons. The molecule has 3 heterocycles. The van der Waals surface area contributed by atoms with E-state index in [4.69, 9.17) is 9.47 Å². The number of rotatable bonds is 5. The quantitative estimate of drug-likeness (QED) is 0.478. The van der Waals surface area contributed by atoms with Crippen LogP contribution < -0.4 is 14.8 Å². The lowest BCUT2D eigenvalue weighted by molar-refractivity contribution is -0.119. The molecular formula is C21H17FN4O3S. The average Bonchev–Trinajstić information content (AvgIpc) is 3.14. The summed E-state index contributed by atoms with van der Waals surface area (Å²) in [5.74, 6) is 1.09. The van der Waals surface area contributed by atoms with Crippen LogP contribution in [0, 0.1) is 5.82 Å². The van der Waals surface area contributed by atoms with E-state index in [0.29, 0.717) is 29.7 Å². The van der Waals surface area contributed by atoms with Crippen molar-refractivity contribution in [2.45, 2.75) is 11.1 Å². The van der Waals surface area contributed by atoms with Crippen molar-refractivity contribution in [3.05, 3.63) is 54.5 Å². The van der Waals surface area contributed by atoms with Gasteiger partial charge in [0.25, 0.3) is 0 Å². The van der Waals surface area contributed by atoms with E-state index >= 15 is 0 Å². The van der Waals surface area contributed by atoms with E-state index in [2.05, 4.69) is 20.5 Å². The molecule has 7 nitrogen and oxygen atoms in total. The predicted octanol–water partition coefficient (Wildman–Crippen LogP) is 3.30. The largest absolute Gasteiger partial charge is 0.486 e. The first-order valence-corrected chi connectivity index (χ1v) is 10.4. The number of nitrogens with zero attached hydrogens (tertiary/aromatic N) is 2. The molecule has 9 heteroatoms. The molecule has 1 aliphatic rings. The second-order valence-electron chi connectivity index (χ2n) is 6.84. The number of nitrogens with one attached hydrogen (secondary N) is 2. The van der Waals surface area contributed by atoms with Crippen molar-refractivity contribution in [1.29, 1.82) is 0 Å². The molecule has 0 unspecified atom stereocenters. The van der Waals surface area contributed by atoms with Crippen LogP contribution in [-0.4, -0.2) is 46.1 Å². The molecule has 0 bridgehead atoms. The summed E-state index contributed by atoms with van der Waals surface area (Å²) in [5, 5.41) is 13.1. The second-order valence-corrected chi connectivity index (χ2v) is 7.81. The Labute approximate surface area is 175 Å². The Morgan fingerprint density at radius 2 is 2.10 bits per heavy atom. The van der Waals surface area contributed by atoms with Crippen molar-refractivity contribution >= 4 is 39.5 Å². The first-order valence-electron chi connectivity index (χ1n) is 9.38. The number of hydrogen-bond donors (Lipinski definition) is 2. The van der Waals surface area contributed by atoms with Crippen molar-refractivity contribution in [3.8, 4) is 11.5 Å². The van der Waals surface area contributed by atoms with Gasteiger partial charge in [-0.25, -0.2) is 4.39 Å². The molecule has 0 aliphatic carbocycles. The number of benzene rings is 2. The molecule has 2 aromatic carbocycles. The van der Waals surface area contributed by atoms with Crippen molar-refractivity contribution in [2.24, 2.45) is 0 Å². The van der Waals surface area contributed by atoms with Gasteiger partial charge in [0, 0.05) is 16.3 Å². The fraction of sp³-hybridized carbons (Fsp3) is 0.190. The van der Waals surface area contributed by atoms with E-state index in [1.165, 1.54) is 23.9 Å². The van der Waals surface area contributed by atoms with Gasteiger partial charge in [0.2, 0.25) is 5.91 Å². The van der Waals surface area contributed by atoms with E-state index in [1.54, 1.807) is 12.3 Å². The van der Waals surface area contributed by atoms with Gasteiger partial charge < -0.3 is 19.8 Å². The molecule has 0 radical (unpaired) electrons. The van der Waals surface area contributed by atoms with Gasteiger partial charge in [-0.3, -0.25) is 4.79 Å². The highest BCUT2D eigenvalue weighted by molar-refractivity contribution is 8.00. The zero-order valence-corrected chi connectivity index (χ0v) is 16.5. The highest BCUT2D eigenvalue weighted by Crippen LogP contribution is 2.32. The molecule has 5 rings (SSSR count). The van der Waals surface area contributed by atoms with Crippen molar-refractivity contribution in [3.63, 3.8) is 0 Å². The maximum atomic E-state index is 13.6. The monoisotopic (exact) mass is 424 g/mol. The minimum absolute atomic E-state index is 0.150. The summed E-state index contributed by atoms with van der Waals surface area (Å²) < 4.78 is 25.1. The fourth-order valence-electron chi connectivity index (χ4n) is 3.35. The van der Waals surface area contributed by atoms with E-state index in [9.17, 15) is 9.18 Å². The lowest BCUT2D eigenvalue weighted by atomic mass is 10.2. The molecule has 1 atom stereocenters. The van der Waals surface area contributed by atoms with Crippen LogP contribution in [-0.2, 0) is 4.79 Å². The van der Waals surface area contributed by atoms with Gasteiger partial charge >= 0.3 is 0 Å². The maximum absolute atomic E-state index is 13.6. The smallest absolute Gasteiger partial charge is 0.230 e. The summed E-state index contributed by atoms with van der Waals surface area (Å²) in [4.78, 5) is 15.6. The lowest BCUT2D eigenvalue weighted by Gasteiger charge is -2.26. The van der Waals surface area contributed by atoms with Gasteiger partial charge in [0.1, 0.15) is 23.6 Å². The first-order chi connectivity index (χ1) is 14.7. The number of hydrogen-bond acceptors (Lipinski definition) is 6. The van der Waals surface area contributed by atoms with Crippen LogP contribution in [0.1, 0.15) is 0 Å². The summed E-state index contributed by atoms with van der Waals surface area (Å²) in [6.07, 6.45) is 1.34. The minimum Gasteiger partial charge on any atom is -0.486 e. The van der Waals surface area contributed by atoms with Crippen LogP contribution in [0.15, 0.2) is 53.7 Å². The van der Waals surface area contributed by atoms with Crippen LogP contribution in [0.2, 0.25) is 0 Å². The Morgan fingerprint density at radius 3 is 3.00 bits per heavy atom. The zero-order valence-electron chi connectivity index (χ0n) is 15.7. The van der Waals surface area contributed by atoms with E-state index < -0.39 is 0 Å². The fourth-order valence-corrected chi connectivity index (χ4v) is 4.13. The number of aromatic amines is 1. The highest BCUT2D eigenvalue weighted by Gasteiger charge is 2.21. The van der Waals surface area contributed by atoms with Crippen LogP contribution in [0.25, 0.3) is 21.8 Å². The molecular weight excluding hydrogens is 407 g/mol. The molecule has 2 N–H and O–H groups in total. The van der Waals surface area contributed by atoms with Crippen LogP contribution in [0.5, 0.6) is 11.5 Å². The van der Waals surface area contributed by atoms with Gasteiger partial charge in [0.15, 0.2) is 11.5 Å². The number of carbonyl (C=O) groups excluding carboxylic acids is 1. The summed E-state index contributed by atoms with van der Waals surface area (Å²) in [6.45, 7) is 0.718. The Hall–Kier alpha value is -3.33. The SMILES string of the molecule is O=C(CSc1nncc2c1[nH]c1ccc(F)cc12)NC[C@@H]1COc2ccccc2O1. The highest BCUT2D eigenvalue weighted by atomic mass is 32.2. The third kappa shape index (κ3) is 3.63. The van der Waals surface area contributed by atoms with Crippen LogP contribution in [0.3, 0.4) is 0 Å². The topological polar surface area (TPSA) is 89.1 Å². The standard InChI is InChI=1S/C21H17FN4O3S/c22-12-5-6-16-14(7-12)15-9-24-26-21(20(15)25-16)30-11-19(27)23-8-13-10-28-17-3-1-2-4-18(17)29-13/h1-7,9,13,25H,8,10-11H2,(H,23,27)/t13-/m1/s1. The number of halogens is 1. The van der Waals surface area contributed by atoms with Gasteiger partial charge in [0.05, 0.1) is 24.0 Å². The second kappa shape index (κ2) is 7.83. The number of H-pyrrole nitrogens is 1. The Balaban J connectivity index is 1.22. The van der Waals surface area contributed by atoms with Gasteiger partial charge in [-0.15, -0.1) is 5.10 Å². The van der Waals surface area contributed by atoms with E-state index in [1.807, 2.05) is 24.3 Å². The summed E-state index contributed by atoms with van der Waals surface area (Å²) in [5.41, 5.74) is 1.53. The Morgan fingerprint density at radius 1 is 1.23 bits per heavy atom. The van der Waals surface area contributed by atoms with Crippen LogP contribution >= 0.6 is 11.8 Å². The molecule has 1 amide bonds. The number of carbonyl (C=O) groups is 1. The van der Waals surface area contributed by atoms with E-state index in [0.717, 1.165) is 21.8 Å². The van der Waals surface area contributed by atoms with Gasteiger partial charge in [-0.2, -0.15) is 5.10 Å². The molecule has 0 fully saturated rings. The Kier molecular flexibility index (Phi) is 4.88. The molecule has 0 spiro atoms. The van der Waals surface area contributed by atoms with Crippen molar-refractivity contribution in [1.82, 2.24) is 20.5 Å². The summed E-state index contributed by atoms with van der Waals surface area (Å²) in [7, 11) is 0. The Bertz CT molecular complexity index is 1250. The molecule has 2 aromatic heterocycles. The summed E-state index contributed by atoms with van der Waals surface area (Å²) in [6, 6.07) is 12.0. The number of ether oxygens (including phenoxy) is 2.